The van der Waals surface area contributed by atoms with Gasteiger partial charge in [0.2, 0.25) is 0 Å². The van der Waals surface area contributed by atoms with Gasteiger partial charge in [0.05, 0.1) is 35.8 Å². The summed E-state index contributed by atoms with van der Waals surface area (Å²) in [5, 5.41) is 35.3. The van der Waals surface area contributed by atoms with Gasteiger partial charge in [-0.3, -0.25) is 21.3 Å². The second-order valence-corrected chi connectivity index (χ2v) is 20.2. The molecule has 9 unspecified atom stereocenters. The Labute approximate surface area is 385 Å². The van der Waals surface area contributed by atoms with Gasteiger partial charge in [0.1, 0.15) is 11.9 Å². The molecule has 10 heteroatoms. The molecule has 5 aliphatic rings. The van der Waals surface area contributed by atoms with Crippen molar-refractivity contribution < 1.29 is 34.4 Å². The van der Waals surface area contributed by atoms with Gasteiger partial charge in [-0.1, -0.05) is 83.5 Å². The lowest BCUT2D eigenvalue weighted by Gasteiger charge is -2.67. The topological polar surface area (TPSA) is 189 Å². The lowest BCUT2D eigenvalue weighted by Crippen LogP contribution is -2.60. The van der Waals surface area contributed by atoms with Crippen LogP contribution in [-0.2, 0) is 25.5 Å². The number of nitriles is 1. The summed E-state index contributed by atoms with van der Waals surface area (Å²) in [7, 11) is 1.00. The Morgan fingerprint density at radius 1 is 0.938 bits per heavy atom. The van der Waals surface area contributed by atoms with Gasteiger partial charge in [-0.15, -0.1) is 13.2 Å². The number of hydrogen-bond donors (Lipinski definition) is 5. The number of hydrogen-bond acceptors (Lipinski definition) is 9. The summed E-state index contributed by atoms with van der Waals surface area (Å²) < 4.78 is 12.8. The molecule has 4 aliphatic carbocycles. The fourth-order valence-electron chi connectivity index (χ4n) is 12.7. The van der Waals surface area contributed by atoms with Gasteiger partial charge in [0.25, 0.3) is 0 Å². The predicted octanol–water partition coefficient (Wildman–Crippen LogP) is 11.3. The fraction of sp³-hybridized carbons (Fsp3) is 0.611. The predicted molar refractivity (Wildman–Crippen MR) is 257 cm³/mol. The monoisotopic (exact) mass is 884 g/mol. The fourth-order valence-corrected chi connectivity index (χ4v) is 12.7. The number of nitrogens with two attached hydrogens (primary N) is 2. The zero-order valence-electron chi connectivity index (χ0n) is 40.7. The van der Waals surface area contributed by atoms with Crippen LogP contribution in [0.15, 0.2) is 79.1 Å². The third-order valence-corrected chi connectivity index (χ3v) is 15.7. The summed E-state index contributed by atoms with van der Waals surface area (Å²) in [6.45, 7) is 26.1. The molecular formula is C54H81N3O7. The van der Waals surface area contributed by atoms with Crippen LogP contribution >= 0.6 is 0 Å². The van der Waals surface area contributed by atoms with Crippen molar-refractivity contribution in [2.45, 2.75) is 139 Å². The number of nitrogens with zero attached hydrogens (tertiary/aromatic N) is 1. The first-order valence-electron chi connectivity index (χ1n) is 23.4. The van der Waals surface area contributed by atoms with Crippen molar-refractivity contribution in [3.63, 3.8) is 0 Å². The zero-order chi connectivity index (χ0) is 48.2. The molecule has 64 heavy (non-hydrogen) atoms. The van der Waals surface area contributed by atoms with E-state index in [2.05, 4.69) is 89.8 Å². The number of rotatable bonds is 9. The van der Waals surface area contributed by atoms with Crippen molar-refractivity contribution in [3.8, 4) is 6.07 Å². The highest BCUT2D eigenvalue weighted by Gasteiger charge is 2.64. The maximum atomic E-state index is 12.9. The molecule has 1 aliphatic heterocycles. The van der Waals surface area contributed by atoms with Crippen molar-refractivity contribution in [1.82, 2.24) is 0 Å². The van der Waals surface area contributed by atoms with Crippen LogP contribution in [0.3, 0.4) is 0 Å². The molecular weight excluding hydrogens is 803 g/mol. The maximum Gasteiger partial charge on any atom is 0.309 e. The minimum absolute atomic E-state index is 0.0412. The minimum atomic E-state index is -1.12. The number of aryl methyl sites for hydroxylation is 1. The van der Waals surface area contributed by atoms with Crippen LogP contribution in [0.5, 0.6) is 0 Å². The number of ether oxygens (including phenoxy) is 2. The highest BCUT2D eigenvalue weighted by molar-refractivity contribution is 5.81. The number of hydrazine groups is 1. The number of aliphatic hydroxyl groups is 2. The van der Waals surface area contributed by atoms with Crippen LogP contribution in [0.25, 0.3) is 5.76 Å². The summed E-state index contributed by atoms with van der Waals surface area (Å²) in [5.41, 5.74) is 5.14. The molecule has 0 radical (unpaired) electrons. The van der Waals surface area contributed by atoms with Crippen molar-refractivity contribution in [1.29, 1.82) is 5.26 Å². The number of esters is 1. The molecule has 0 aromatic heterocycles. The summed E-state index contributed by atoms with van der Waals surface area (Å²) in [6, 6.07) is 18.1. The van der Waals surface area contributed by atoms with E-state index in [1.54, 1.807) is 19.4 Å². The van der Waals surface area contributed by atoms with E-state index in [9.17, 15) is 19.8 Å². The lowest BCUT2D eigenvalue weighted by molar-refractivity contribution is -0.191. The molecule has 0 amide bonds. The second-order valence-electron chi connectivity index (χ2n) is 20.2. The largest absolute Gasteiger partial charge is 0.508 e. The van der Waals surface area contributed by atoms with Crippen LogP contribution in [0.1, 0.15) is 142 Å². The van der Waals surface area contributed by atoms with Crippen LogP contribution < -0.4 is 11.7 Å². The number of fused-ring (bicyclic) bond motifs is 7. The first kappa shape index (κ1) is 53.9. The molecule has 2 aromatic rings. The molecule has 9 atom stereocenters. The molecule has 0 spiro atoms. The van der Waals surface area contributed by atoms with Crippen LogP contribution in [0.4, 0.5) is 0 Å². The van der Waals surface area contributed by atoms with E-state index in [0.29, 0.717) is 35.3 Å². The standard InChI is InChI=1S/C43H62O6.C8H7N.C2H4.CH4O.H4N2/c1-9-10-33(44)29-13-11-28(12-14-29)23-43-22-18-32-30(37(43)38(26(2)3)48-25-43)15-16-35-41(7)21-19-34(27(4)31(41)17-20-42(32,35)8)49-36(45)24-40(5,6)39(46)47;1-7-2-4-8(6-9)5-3-7;3*1-2/h10-14,26-27,30-32,34-35,44H,9,15-25H2,1-8H3,(H,46,47);2-5H,1H3;1-2H2;2H,1H3;1-2H2/b33-10+;;;;. The third kappa shape index (κ3) is 11.3. The normalized spacial score (nSPS) is 30.1. The number of benzene rings is 2. The van der Waals surface area contributed by atoms with E-state index in [0.717, 1.165) is 63.4 Å². The molecule has 354 valence electrons. The van der Waals surface area contributed by atoms with Crippen molar-refractivity contribution >= 4 is 17.7 Å². The molecule has 7 rings (SSSR count). The Morgan fingerprint density at radius 3 is 2.08 bits per heavy atom. The summed E-state index contributed by atoms with van der Waals surface area (Å²) in [4.78, 5) is 24.6. The quantitative estimate of drug-likeness (QED) is 0.0533. The Kier molecular flexibility index (Phi) is 19.5. The number of allylic oxidation sites excluding steroid dienone is 2. The van der Waals surface area contributed by atoms with Gasteiger partial charge in [0.15, 0.2) is 0 Å². The number of carbonyl (C=O) groups is 2. The Morgan fingerprint density at radius 2 is 1.52 bits per heavy atom. The van der Waals surface area contributed by atoms with E-state index in [1.165, 1.54) is 42.6 Å². The molecule has 1 heterocycles. The van der Waals surface area contributed by atoms with Crippen LogP contribution in [0, 0.1) is 75.4 Å². The summed E-state index contributed by atoms with van der Waals surface area (Å²) >= 11 is 0. The summed E-state index contributed by atoms with van der Waals surface area (Å²) in [5.74, 6) is 11.2. The van der Waals surface area contributed by atoms with Crippen molar-refractivity contribution in [3.05, 3.63) is 101 Å². The SMILES string of the molecule is C=C.CC/C=C(/O)c1ccc(CC23CCC4C(CCC5C4(C)CCC4C(C)C(OC(=O)CC(C)(C)C(=O)O)CCC45C)C2=C(C(C)C)OC3)cc1.CO.Cc1ccc(C#N)cc1.NN. The average Bonchev–Trinajstić information content (AvgIpc) is 3.67. The Hall–Kier alpha value is -4.43. The molecule has 0 bridgehead atoms. The van der Waals surface area contributed by atoms with Gasteiger partial charge in [-0.2, -0.15) is 5.26 Å². The smallest absolute Gasteiger partial charge is 0.309 e. The molecule has 0 saturated heterocycles. The van der Waals surface area contributed by atoms with Gasteiger partial charge < -0.3 is 24.8 Å². The first-order valence-corrected chi connectivity index (χ1v) is 23.4. The second kappa shape index (κ2) is 23.2. The van der Waals surface area contributed by atoms with Crippen molar-refractivity contribution in [2.75, 3.05) is 13.7 Å². The molecule has 10 nitrogen and oxygen atoms in total. The van der Waals surface area contributed by atoms with Gasteiger partial charge in [-0.05, 0) is 155 Å². The van der Waals surface area contributed by atoms with Gasteiger partial charge in [0, 0.05) is 24.0 Å². The van der Waals surface area contributed by atoms with E-state index in [-0.39, 0.29) is 40.7 Å². The van der Waals surface area contributed by atoms with Crippen LogP contribution in [-0.4, -0.2) is 47.1 Å². The maximum absolute atomic E-state index is 12.9. The van der Waals surface area contributed by atoms with Gasteiger partial charge >= 0.3 is 11.9 Å². The Bertz CT molecular complexity index is 1950. The zero-order valence-corrected chi connectivity index (χ0v) is 40.7. The van der Waals surface area contributed by atoms with Gasteiger partial charge in [-0.25, -0.2) is 0 Å². The third-order valence-electron chi connectivity index (χ3n) is 15.7. The first-order chi connectivity index (χ1) is 30.4. The Balaban J connectivity index is 0.000000629. The van der Waals surface area contributed by atoms with Crippen LogP contribution in [0.2, 0.25) is 0 Å². The number of aliphatic carboxylic acids is 1. The van der Waals surface area contributed by atoms with E-state index >= 15 is 0 Å². The van der Waals surface area contributed by atoms with E-state index < -0.39 is 11.4 Å². The summed E-state index contributed by atoms with van der Waals surface area (Å²) in [6.07, 6.45) is 12.6. The minimum Gasteiger partial charge on any atom is -0.508 e. The number of carboxylic acids is 1. The van der Waals surface area contributed by atoms with E-state index in [4.69, 9.17) is 19.8 Å². The molecule has 4 fully saturated rings. The average molecular weight is 884 g/mol. The molecule has 4 saturated carbocycles. The number of carbonyl (C=O) groups excluding carboxylic acids is 1. The number of carboxylic acid groups (broad SMARTS) is 1. The van der Waals surface area contributed by atoms with Crippen molar-refractivity contribution in [2.24, 2.45) is 68.9 Å². The lowest BCUT2D eigenvalue weighted by atomic mass is 9.38. The molecule has 7 N–H and O–H groups in total. The molecule has 2 aromatic carbocycles. The van der Waals surface area contributed by atoms with E-state index in [1.807, 2.05) is 44.2 Å². The highest BCUT2D eigenvalue weighted by atomic mass is 16.5. The highest BCUT2D eigenvalue weighted by Crippen LogP contribution is 2.71. The number of aliphatic hydroxyl groups excluding tert-OH is 2.